The molecule has 0 N–H and O–H groups in total. The number of fused-ring (bicyclic) bond motifs is 1. The van der Waals surface area contributed by atoms with E-state index in [1.807, 2.05) is 5.38 Å². The van der Waals surface area contributed by atoms with Gasteiger partial charge >= 0.3 is 0 Å². The van der Waals surface area contributed by atoms with Crippen LogP contribution in [0.4, 0.5) is 4.39 Å². The molecule has 0 aliphatic carbocycles. The highest BCUT2D eigenvalue weighted by Crippen LogP contribution is 2.35. The normalized spacial score (nSPS) is 10.9. The molecule has 5 heteroatoms. The van der Waals surface area contributed by atoms with E-state index < -0.39 is 0 Å². The average molecular weight is 265 g/mol. The summed E-state index contributed by atoms with van der Waals surface area (Å²) in [6, 6.07) is 6.32. The molecule has 0 aliphatic heterocycles. The quantitative estimate of drug-likeness (QED) is 0.617. The minimum Gasteiger partial charge on any atom is -0.235 e. The van der Waals surface area contributed by atoms with Crippen molar-refractivity contribution in [2.24, 2.45) is 0 Å². The summed E-state index contributed by atoms with van der Waals surface area (Å²) < 4.78 is 13.7. The fourth-order valence-corrected chi connectivity index (χ4v) is 2.83. The standard InChI is InChI=1S/C12H6ClFN2S/c13-12-11-10(15-6-16-12)9(5-17-11)7-1-3-8(14)4-2-7/h1-6H. The molecule has 0 radical (unpaired) electrons. The molecule has 0 fully saturated rings. The Balaban J connectivity index is 2.24. The Kier molecular flexibility index (Phi) is 2.53. The van der Waals surface area contributed by atoms with Crippen LogP contribution in [0.5, 0.6) is 0 Å². The molecule has 0 aliphatic rings. The smallest absolute Gasteiger partial charge is 0.150 e. The van der Waals surface area contributed by atoms with Crippen molar-refractivity contribution in [1.82, 2.24) is 9.97 Å². The Morgan fingerprint density at radius 1 is 1.12 bits per heavy atom. The maximum atomic E-state index is 12.9. The second-order valence-corrected chi connectivity index (χ2v) is 4.74. The summed E-state index contributed by atoms with van der Waals surface area (Å²) in [6.45, 7) is 0. The van der Waals surface area contributed by atoms with E-state index in [2.05, 4.69) is 9.97 Å². The van der Waals surface area contributed by atoms with E-state index in [9.17, 15) is 4.39 Å². The maximum absolute atomic E-state index is 12.9. The summed E-state index contributed by atoms with van der Waals surface area (Å²) in [5.74, 6) is -0.249. The third kappa shape index (κ3) is 1.79. The van der Waals surface area contributed by atoms with Gasteiger partial charge in [0.1, 0.15) is 17.3 Å². The van der Waals surface area contributed by atoms with E-state index in [1.54, 1.807) is 12.1 Å². The van der Waals surface area contributed by atoms with Crippen molar-refractivity contribution in [1.29, 1.82) is 0 Å². The van der Waals surface area contributed by atoms with Crippen LogP contribution in [0.2, 0.25) is 5.15 Å². The van der Waals surface area contributed by atoms with Gasteiger partial charge in [-0.3, -0.25) is 0 Å². The van der Waals surface area contributed by atoms with Gasteiger partial charge in [-0.2, -0.15) is 0 Å². The molecule has 0 unspecified atom stereocenters. The number of aromatic nitrogens is 2. The molecule has 2 nitrogen and oxygen atoms in total. The van der Waals surface area contributed by atoms with Gasteiger partial charge in [-0.05, 0) is 17.7 Å². The Morgan fingerprint density at radius 2 is 1.88 bits per heavy atom. The van der Waals surface area contributed by atoms with Crippen LogP contribution in [0, 0.1) is 5.82 Å². The molecule has 17 heavy (non-hydrogen) atoms. The summed E-state index contributed by atoms with van der Waals surface area (Å²) in [6.07, 6.45) is 1.43. The highest BCUT2D eigenvalue weighted by Gasteiger charge is 2.10. The average Bonchev–Trinajstić information content (AvgIpc) is 2.75. The molecule has 2 heterocycles. The summed E-state index contributed by atoms with van der Waals surface area (Å²) in [4.78, 5) is 8.16. The van der Waals surface area contributed by atoms with Gasteiger partial charge in [0.2, 0.25) is 0 Å². The van der Waals surface area contributed by atoms with E-state index >= 15 is 0 Å². The molecule has 0 amide bonds. The van der Waals surface area contributed by atoms with E-state index in [0.717, 1.165) is 21.3 Å². The second-order valence-electron chi connectivity index (χ2n) is 3.50. The lowest BCUT2D eigenvalue weighted by Crippen LogP contribution is -1.82. The van der Waals surface area contributed by atoms with Gasteiger partial charge in [0, 0.05) is 10.9 Å². The first-order chi connectivity index (χ1) is 8.25. The number of thiophene rings is 1. The highest BCUT2D eigenvalue weighted by atomic mass is 35.5. The van der Waals surface area contributed by atoms with Gasteiger partial charge in [-0.25, -0.2) is 14.4 Å². The second kappa shape index (κ2) is 4.05. The number of hydrogen-bond acceptors (Lipinski definition) is 3. The number of halogens is 2. The minimum atomic E-state index is -0.249. The number of hydrogen-bond donors (Lipinski definition) is 0. The number of nitrogens with zero attached hydrogens (tertiary/aromatic N) is 2. The molecule has 0 spiro atoms. The van der Waals surface area contributed by atoms with Crippen LogP contribution in [0.1, 0.15) is 0 Å². The van der Waals surface area contributed by atoms with Crippen molar-refractivity contribution in [2.45, 2.75) is 0 Å². The summed E-state index contributed by atoms with van der Waals surface area (Å²) in [7, 11) is 0. The highest BCUT2D eigenvalue weighted by molar-refractivity contribution is 7.18. The largest absolute Gasteiger partial charge is 0.235 e. The van der Waals surface area contributed by atoms with Crippen LogP contribution in [0.25, 0.3) is 21.3 Å². The van der Waals surface area contributed by atoms with E-state index in [1.165, 1.54) is 29.8 Å². The summed E-state index contributed by atoms with van der Waals surface area (Å²) >= 11 is 7.47. The van der Waals surface area contributed by atoms with Crippen LogP contribution >= 0.6 is 22.9 Å². The van der Waals surface area contributed by atoms with Crippen LogP contribution in [0.15, 0.2) is 36.0 Å². The van der Waals surface area contributed by atoms with Crippen molar-refractivity contribution in [3.63, 3.8) is 0 Å². The fraction of sp³-hybridized carbons (Fsp3) is 0. The summed E-state index contributed by atoms with van der Waals surface area (Å²) in [5.41, 5.74) is 2.68. The molecule has 3 aromatic rings. The topological polar surface area (TPSA) is 25.8 Å². The SMILES string of the molecule is Fc1ccc(-c2csc3c(Cl)ncnc23)cc1. The predicted molar refractivity (Wildman–Crippen MR) is 67.8 cm³/mol. The van der Waals surface area contributed by atoms with Crippen molar-refractivity contribution in [3.8, 4) is 11.1 Å². The number of rotatable bonds is 1. The van der Waals surface area contributed by atoms with Gasteiger partial charge < -0.3 is 0 Å². The molecule has 0 atom stereocenters. The van der Waals surface area contributed by atoms with Crippen molar-refractivity contribution in [3.05, 3.63) is 46.9 Å². The van der Waals surface area contributed by atoms with Crippen molar-refractivity contribution in [2.75, 3.05) is 0 Å². The van der Waals surface area contributed by atoms with Gasteiger partial charge in [-0.15, -0.1) is 11.3 Å². The van der Waals surface area contributed by atoms with Crippen LogP contribution in [-0.4, -0.2) is 9.97 Å². The van der Waals surface area contributed by atoms with Gasteiger partial charge in [0.15, 0.2) is 0 Å². The Bertz CT molecular complexity index is 679. The first-order valence-corrected chi connectivity index (χ1v) is 6.15. The van der Waals surface area contributed by atoms with E-state index in [-0.39, 0.29) is 5.82 Å². The van der Waals surface area contributed by atoms with E-state index in [4.69, 9.17) is 11.6 Å². The van der Waals surface area contributed by atoms with Crippen molar-refractivity contribution < 1.29 is 4.39 Å². The molecule has 0 saturated carbocycles. The van der Waals surface area contributed by atoms with E-state index in [0.29, 0.717) is 5.15 Å². The molecule has 84 valence electrons. The Hall–Kier alpha value is -1.52. The Labute approximate surface area is 106 Å². The zero-order valence-electron chi connectivity index (χ0n) is 8.52. The van der Waals surface area contributed by atoms with Crippen LogP contribution < -0.4 is 0 Å². The molecule has 2 aromatic heterocycles. The first kappa shape index (κ1) is 10.6. The molecular weight excluding hydrogens is 259 g/mol. The lowest BCUT2D eigenvalue weighted by atomic mass is 10.1. The third-order valence-electron chi connectivity index (χ3n) is 2.47. The molecule has 0 bridgehead atoms. The molecule has 0 saturated heterocycles. The Morgan fingerprint density at radius 3 is 2.65 bits per heavy atom. The zero-order valence-corrected chi connectivity index (χ0v) is 10.1. The minimum absolute atomic E-state index is 0.249. The van der Waals surface area contributed by atoms with Crippen molar-refractivity contribution >= 4 is 33.2 Å². The van der Waals surface area contributed by atoms with Crippen LogP contribution in [-0.2, 0) is 0 Å². The zero-order chi connectivity index (χ0) is 11.8. The molecule has 1 aromatic carbocycles. The monoisotopic (exact) mass is 264 g/mol. The van der Waals surface area contributed by atoms with Gasteiger partial charge in [0.25, 0.3) is 0 Å². The summed E-state index contributed by atoms with van der Waals surface area (Å²) in [5, 5.41) is 2.41. The van der Waals surface area contributed by atoms with Gasteiger partial charge in [0.05, 0.1) is 10.2 Å². The van der Waals surface area contributed by atoms with Crippen LogP contribution in [0.3, 0.4) is 0 Å². The maximum Gasteiger partial charge on any atom is 0.150 e. The first-order valence-electron chi connectivity index (χ1n) is 4.89. The lowest BCUT2D eigenvalue weighted by molar-refractivity contribution is 0.628. The number of benzene rings is 1. The lowest BCUT2D eigenvalue weighted by Gasteiger charge is -1.99. The molecule has 3 rings (SSSR count). The predicted octanol–water partition coefficient (Wildman–Crippen LogP) is 4.15. The fourth-order valence-electron chi connectivity index (χ4n) is 1.66. The third-order valence-corrected chi connectivity index (χ3v) is 3.84. The van der Waals surface area contributed by atoms with Gasteiger partial charge in [-0.1, -0.05) is 23.7 Å². The molecular formula is C12H6ClFN2S.